The molecule has 2 aromatic carbocycles. The Morgan fingerprint density at radius 3 is 2.53 bits per heavy atom. The Morgan fingerprint density at radius 1 is 1.06 bits per heavy atom. The number of carbonyl (C=O) groups is 1. The van der Waals surface area contributed by atoms with Crippen molar-refractivity contribution in [2.24, 2.45) is 5.92 Å². The number of hydrogen-bond acceptors (Lipinski definition) is 4. The topological polar surface area (TPSA) is 71.7 Å². The maximum absolute atomic E-state index is 12.6. The Kier molecular flexibility index (Phi) is 7.61. The zero-order chi connectivity index (χ0) is 22.5. The summed E-state index contributed by atoms with van der Waals surface area (Å²) in [4.78, 5) is 12.6. The van der Waals surface area contributed by atoms with Crippen molar-refractivity contribution >= 4 is 40.1 Å². The molecule has 0 aliphatic heterocycles. The average molecular weight is 476 g/mol. The molecule has 32 heavy (non-hydrogen) atoms. The van der Waals surface area contributed by atoms with Gasteiger partial charge in [-0.05, 0) is 93.0 Å². The van der Waals surface area contributed by atoms with E-state index in [0.717, 1.165) is 37.5 Å². The van der Waals surface area contributed by atoms with Crippen molar-refractivity contribution in [2.75, 3.05) is 6.61 Å². The molecular weight excluding hydrogens is 449 g/mol. The molecule has 7 heteroatoms. The molecule has 4 rings (SSSR count). The first-order valence-electron chi connectivity index (χ1n) is 11.0. The molecule has 0 spiro atoms. The number of carbonyl (C=O) groups excluding carboxylic acids is 1. The van der Waals surface area contributed by atoms with Crippen molar-refractivity contribution < 1.29 is 19.1 Å². The molecule has 1 saturated carbocycles. The Morgan fingerprint density at radius 2 is 1.78 bits per heavy atom. The lowest BCUT2D eigenvalue weighted by Crippen LogP contribution is -2.37. The normalized spacial score (nSPS) is 19.6. The van der Waals surface area contributed by atoms with Crippen LogP contribution in [0.2, 0.25) is 10.0 Å². The predicted molar refractivity (Wildman–Crippen MR) is 127 cm³/mol. The average Bonchev–Trinajstić information content (AvgIpc) is 3.21. The molecule has 1 aromatic heterocycles. The Labute approximate surface area is 197 Å². The van der Waals surface area contributed by atoms with Gasteiger partial charge < -0.3 is 19.6 Å². The molecule has 1 aliphatic rings. The molecule has 1 amide bonds. The van der Waals surface area contributed by atoms with Crippen LogP contribution in [0.5, 0.6) is 5.75 Å². The molecule has 0 saturated heterocycles. The van der Waals surface area contributed by atoms with Gasteiger partial charge >= 0.3 is 0 Å². The third-order valence-corrected chi connectivity index (χ3v) is 6.54. The largest absolute Gasteiger partial charge is 0.491 e. The zero-order valence-electron chi connectivity index (χ0n) is 17.7. The van der Waals surface area contributed by atoms with Gasteiger partial charge in [-0.25, -0.2) is 0 Å². The van der Waals surface area contributed by atoms with Crippen molar-refractivity contribution in [1.82, 2.24) is 5.32 Å². The van der Waals surface area contributed by atoms with Crippen molar-refractivity contribution in [1.29, 1.82) is 0 Å². The first kappa shape index (κ1) is 23.0. The van der Waals surface area contributed by atoms with Crippen LogP contribution in [0.1, 0.15) is 49.1 Å². The van der Waals surface area contributed by atoms with Crippen LogP contribution in [0.15, 0.2) is 52.9 Å². The summed E-state index contributed by atoms with van der Waals surface area (Å²) < 4.78 is 11.3. The molecular formula is C25H27Cl2NO4. The van der Waals surface area contributed by atoms with E-state index in [-0.39, 0.29) is 18.6 Å². The van der Waals surface area contributed by atoms with Gasteiger partial charge in [-0.3, -0.25) is 4.79 Å². The van der Waals surface area contributed by atoms with Gasteiger partial charge in [0.15, 0.2) is 5.76 Å². The van der Waals surface area contributed by atoms with E-state index in [1.165, 1.54) is 0 Å². The molecule has 1 heterocycles. The molecule has 1 fully saturated rings. The number of rotatable bonds is 8. The Bertz CT molecular complexity index is 1040. The molecule has 1 atom stereocenters. The first-order valence-corrected chi connectivity index (χ1v) is 11.8. The summed E-state index contributed by atoms with van der Waals surface area (Å²) in [5.41, 5.74) is 0.654. The number of aliphatic hydroxyl groups excluding tert-OH is 1. The molecule has 3 aromatic rings. The van der Waals surface area contributed by atoms with E-state index in [9.17, 15) is 9.90 Å². The minimum atomic E-state index is -0.496. The van der Waals surface area contributed by atoms with Crippen LogP contribution in [0.25, 0.3) is 11.0 Å². The molecule has 1 aliphatic carbocycles. The van der Waals surface area contributed by atoms with Crippen LogP contribution in [0.3, 0.4) is 0 Å². The van der Waals surface area contributed by atoms with E-state index in [1.54, 1.807) is 48.5 Å². The van der Waals surface area contributed by atoms with Gasteiger partial charge in [-0.1, -0.05) is 23.2 Å². The molecule has 2 N–H and O–H groups in total. The summed E-state index contributed by atoms with van der Waals surface area (Å²) in [7, 11) is 0. The maximum Gasteiger partial charge on any atom is 0.287 e. The highest BCUT2D eigenvalue weighted by atomic mass is 35.5. The number of amides is 1. The van der Waals surface area contributed by atoms with Gasteiger partial charge in [0.05, 0.1) is 6.10 Å². The van der Waals surface area contributed by atoms with Crippen molar-refractivity contribution in [2.45, 2.75) is 50.7 Å². The molecule has 170 valence electrons. The summed E-state index contributed by atoms with van der Waals surface area (Å²) in [6, 6.07) is 14.3. The standard InChI is InChI=1S/C25H27Cl2NO4/c26-18-4-10-22(11-5-18)31-15-21(29)9-3-16-1-7-20(8-2-16)28-25(30)24-14-17-13-19(27)6-12-23(17)32-24/h4-6,10-14,16,20-21,29H,1-3,7-9,15H2,(H,28,30)/t16?,20?,21-/m1/s1. The number of nitrogens with one attached hydrogen (secondary N) is 1. The highest BCUT2D eigenvalue weighted by molar-refractivity contribution is 6.31. The highest BCUT2D eigenvalue weighted by Crippen LogP contribution is 2.29. The fourth-order valence-corrected chi connectivity index (χ4v) is 4.52. The van der Waals surface area contributed by atoms with Crippen LogP contribution in [0, 0.1) is 5.92 Å². The third kappa shape index (κ3) is 6.18. The predicted octanol–water partition coefficient (Wildman–Crippen LogP) is 6.25. The van der Waals surface area contributed by atoms with Crippen LogP contribution in [0.4, 0.5) is 0 Å². The summed E-state index contributed by atoms with van der Waals surface area (Å²) in [6.45, 7) is 0.274. The van der Waals surface area contributed by atoms with E-state index in [1.807, 2.05) is 0 Å². The van der Waals surface area contributed by atoms with E-state index < -0.39 is 6.10 Å². The van der Waals surface area contributed by atoms with Gasteiger partial charge in [-0.2, -0.15) is 0 Å². The summed E-state index contributed by atoms with van der Waals surface area (Å²) >= 11 is 11.9. The summed E-state index contributed by atoms with van der Waals surface area (Å²) in [5, 5.41) is 15.4. The van der Waals surface area contributed by atoms with Gasteiger partial charge in [0.25, 0.3) is 5.91 Å². The number of furan rings is 1. The van der Waals surface area contributed by atoms with Crippen LogP contribution < -0.4 is 10.1 Å². The third-order valence-electron chi connectivity index (χ3n) is 6.05. The summed E-state index contributed by atoms with van der Waals surface area (Å²) in [5.74, 6) is 1.39. The Balaban J connectivity index is 1.16. The second-order valence-electron chi connectivity index (χ2n) is 8.48. The number of halogens is 2. The fraction of sp³-hybridized carbons (Fsp3) is 0.400. The second-order valence-corrected chi connectivity index (χ2v) is 9.35. The quantitative estimate of drug-likeness (QED) is 0.403. The van der Waals surface area contributed by atoms with Gasteiger partial charge in [0.1, 0.15) is 17.9 Å². The summed E-state index contributed by atoms with van der Waals surface area (Å²) in [6.07, 6.45) is 5.09. The van der Waals surface area contributed by atoms with E-state index in [4.69, 9.17) is 32.4 Å². The molecule has 0 bridgehead atoms. The molecule has 0 unspecified atom stereocenters. The van der Waals surface area contributed by atoms with Crippen LogP contribution in [-0.2, 0) is 0 Å². The van der Waals surface area contributed by atoms with Crippen molar-refractivity contribution in [3.8, 4) is 5.75 Å². The SMILES string of the molecule is O=C(NC1CCC(CC[C@@H](O)COc2ccc(Cl)cc2)CC1)c1cc2cc(Cl)ccc2o1. The fourth-order valence-electron chi connectivity index (χ4n) is 4.21. The number of aliphatic hydroxyl groups is 1. The second kappa shape index (κ2) is 10.6. The van der Waals surface area contributed by atoms with Crippen molar-refractivity contribution in [3.63, 3.8) is 0 Å². The van der Waals surface area contributed by atoms with Crippen LogP contribution in [-0.4, -0.2) is 29.8 Å². The minimum absolute atomic E-state index is 0.147. The maximum atomic E-state index is 12.6. The van der Waals surface area contributed by atoms with Crippen molar-refractivity contribution in [3.05, 3.63) is 64.3 Å². The first-order chi connectivity index (χ1) is 15.5. The number of ether oxygens (including phenoxy) is 1. The van der Waals surface area contributed by atoms with Crippen LogP contribution >= 0.6 is 23.2 Å². The number of fused-ring (bicyclic) bond motifs is 1. The van der Waals surface area contributed by atoms with Gasteiger partial charge in [0, 0.05) is 21.5 Å². The van der Waals surface area contributed by atoms with Gasteiger partial charge in [-0.15, -0.1) is 0 Å². The number of hydrogen-bond donors (Lipinski definition) is 2. The lowest BCUT2D eigenvalue weighted by Gasteiger charge is -2.29. The lowest BCUT2D eigenvalue weighted by atomic mass is 9.83. The van der Waals surface area contributed by atoms with E-state index in [0.29, 0.717) is 39.5 Å². The molecule has 0 radical (unpaired) electrons. The monoisotopic (exact) mass is 475 g/mol. The minimum Gasteiger partial charge on any atom is -0.491 e. The molecule has 5 nitrogen and oxygen atoms in total. The number of benzene rings is 2. The smallest absolute Gasteiger partial charge is 0.287 e. The Hall–Kier alpha value is -2.21. The van der Waals surface area contributed by atoms with Gasteiger partial charge in [0.2, 0.25) is 0 Å². The zero-order valence-corrected chi connectivity index (χ0v) is 19.2. The van der Waals surface area contributed by atoms with E-state index >= 15 is 0 Å². The lowest BCUT2D eigenvalue weighted by molar-refractivity contribution is 0.0864. The highest BCUT2D eigenvalue weighted by Gasteiger charge is 2.24. The van der Waals surface area contributed by atoms with E-state index in [2.05, 4.69) is 5.32 Å².